The predicted octanol–water partition coefficient (Wildman–Crippen LogP) is 0.963. The number of rotatable bonds is 5. The number of aryl methyl sites for hydroxylation is 1. The van der Waals surface area contributed by atoms with E-state index in [1.165, 1.54) is 6.07 Å². The first kappa shape index (κ1) is 17.9. The summed E-state index contributed by atoms with van der Waals surface area (Å²) in [4.78, 5) is 30.5. The number of nitrogens with one attached hydrogen (secondary N) is 2. The molecule has 0 aliphatic carbocycles. The largest absolute Gasteiger partial charge is 0.378 e. The summed E-state index contributed by atoms with van der Waals surface area (Å²) in [5, 5.41) is 3.17. The van der Waals surface area contributed by atoms with Gasteiger partial charge in [-0.1, -0.05) is 0 Å². The van der Waals surface area contributed by atoms with Crippen LogP contribution in [0.4, 0.5) is 11.9 Å². The summed E-state index contributed by atoms with van der Waals surface area (Å²) in [5.74, 6) is 1.12. The second-order valence-corrected chi connectivity index (χ2v) is 6.76. The topological polar surface area (TPSA) is 105 Å². The minimum atomic E-state index is -0.216. The molecule has 2 aromatic heterocycles. The Balaban J connectivity index is 1.54. The average Bonchev–Trinajstić information content (AvgIpc) is 3.20. The van der Waals surface area contributed by atoms with Gasteiger partial charge in [0.2, 0.25) is 11.9 Å². The molecule has 2 aromatic rings. The molecule has 4 rings (SSSR count). The molecule has 0 aromatic carbocycles. The zero-order valence-electron chi connectivity index (χ0n) is 15.4. The van der Waals surface area contributed by atoms with Gasteiger partial charge in [0.05, 0.1) is 30.7 Å². The van der Waals surface area contributed by atoms with E-state index in [1.54, 1.807) is 6.20 Å². The van der Waals surface area contributed by atoms with Crippen molar-refractivity contribution in [3.63, 3.8) is 0 Å². The molecular weight excluding hydrogens is 348 g/mol. The maximum absolute atomic E-state index is 12.1. The van der Waals surface area contributed by atoms with Crippen LogP contribution in [0.2, 0.25) is 0 Å². The molecule has 144 valence electrons. The number of anilines is 2. The van der Waals surface area contributed by atoms with Crippen molar-refractivity contribution < 1.29 is 9.47 Å². The molecule has 0 spiro atoms. The number of morpholine rings is 1. The number of hydrogen-bond acceptors (Lipinski definition) is 8. The van der Waals surface area contributed by atoms with E-state index in [9.17, 15) is 4.79 Å². The highest BCUT2D eigenvalue weighted by molar-refractivity contribution is 5.62. The molecule has 0 radical (unpaired) electrons. The fourth-order valence-corrected chi connectivity index (χ4v) is 3.32. The third-order valence-corrected chi connectivity index (χ3v) is 4.80. The maximum atomic E-state index is 12.1. The van der Waals surface area contributed by atoms with Gasteiger partial charge in [-0.25, -0.2) is 15.0 Å². The first-order valence-electron chi connectivity index (χ1n) is 9.32. The third-order valence-electron chi connectivity index (χ3n) is 4.80. The minimum absolute atomic E-state index is 0.164. The van der Waals surface area contributed by atoms with Crippen LogP contribution < -0.4 is 15.8 Å². The molecule has 9 heteroatoms. The maximum Gasteiger partial charge on any atom is 0.252 e. The fraction of sp³-hybridized carbons (Fsp3) is 0.556. The number of aromatic nitrogens is 4. The molecule has 0 amide bonds. The second-order valence-electron chi connectivity index (χ2n) is 6.76. The van der Waals surface area contributed by atoms with Crippen LogP contribution >= 0.6 is 0 Å². The fourth-order valence-electron chi connectivity index (χ4n) is 3.32. The van der Waals surface area contributed by atoms with Crippen LogP contribution in [0.15, 0.2) is 17.1 Å². The lowest BCUT2D eigenvalue weighted by Crippen LogP contribution is -2.37. The Labute approximate surface area is 157 Å². The van der Waals surface area contributed by atoms with E-state index in [2.05, 4.69) is 30.2 Å². The van der Waals surface area contributed by atoms with Crippen molar-refractivity contribution in [3.05, 3.63) is 28.3 Å². The van der Waals surface area contributed by atoms with Gasteiger partial charge >= 0.3 is 0 Å². The van der Waals surface area contributed by atoms with Crippen molar-refractivity contribution in [1.29, 1.82) is 0 Å². The number of aromatic amines is 1. The summed E-state index contributed by atoms with van der Waals surface area (Å²) in [7, 11) is 0. The molecule has 2 fully saturated rings. The zero-order valence-corrected chi connectivity index (χ0v) is 15.4. The van der Waals surface area contributed by atoms with Gasteiger partial charge in [0.25, 0.3) is 5.56 Å². The van der Waals surface area contributed by atoms with E-state index in [-0.39, 0.29) is 11.7 Å². The van der Waals surface area contributed by atoms with E-state index in [1.807, 2.05) is 6.92 Å². The van der Waals surface area contributed by atoms with Crippen LogP contribution in [0.5, 0.6) is 0 Å². The Kier molecular flexibility index (Phi) is 5.30. The van der Waals surface area contributed by atoms with Gasteiger partial charge in [-0.15, -0.1) is 0 Å². The minimum Gasteiger partial charge on any atom is -0.378 e. The van der Waals surface area contributed by atoms with Crippen LogP contribution in [0, 0.1) is 6.92 Å². The summed E-state index contributed by atoms with van der Waals surface area (Å²) in [6.45, 7) is 6.24. The lowest BCUT2D eigenvalue weighted by atomic mass is 10.2. The van der Waals surface area contributed by atoms with Gasteiger partial charge in [-0.2, -0.15) is 0 Å². The molecule has 2 aliphatic rings. The highest BCUT2D eigenvalue weighted by Crippen LogP contribution is 2.21. The van der Waals surface area contributed by atoms with Crippen LogP contribution in [0.3, 0.4) is 0 Å². The van der Waals surface area contributed by atoms with Gasteiger partial charge in [0, 0.05) is 44.1 Å². The van der Waals surface area contributed by atoms with E-state index in [0.29, 0.717) is 37.3 Å². The van der Waals surface area contributed by atoms with Crippen molar-refractivity contribution in [1.82, 2.24) is 19.9 Å². The molecule has 2 N–H and O–H groups in total. The van der Waals surface area contributed by atoms with Crippen LogP contribution in [0.1, 0.15) is 18.5 Å². The van der Waals surface area contributed by atoms with E-state index in [0.717, 1.165) is 43.8 Å². The van der Waals surface area contributed by atoms with Gasteiger partial charge in [0.1, 0.15) is 0 Å². The Morgan fingerprint density at radius 3 is 2.89 bits per heavy atom. The van der Waals surface area contributed by atoms with Crippen LogP contribution in [0.25, 0.3) is 11.3 Å². The Morgan fingerprint density at radius 2 is 2.15 bits per heavy atom. The number of ether oxygens (including phenoxy) is 2. The average molecular weight is 372 g/mol. The smallest absolute Gasteiger partial charge is 0.252 e. The summed E-state index contributed by atoms with van der Waals surface area (Å²) in [5.41, 5.74) is 1.87. The number of hydrogen-bond donors (Lipinski definition) is 2. The normalized spacial score (nSPS) is 20.0. The summed E-state index contributed by atoms with van der Waals surface area (Å²) in [6, 6.07) is 1.47. The molecule has 2 saturated heterocycles. The lowest BCUT2D eigenvalue weighted by Gasteiger charge is -2.27. The van der Waals surface area contributed by atoms with Gasteiger partial charge in [-0.05, 0) is 19.8 Å². The Hall–Kier alpha value is -2.52. The zero-order chi connectivity index (χ0) is 18.6. The number of H-pyrrole nitrogens is 1. The highest BCUT2D eigenvalue weighted by atomic mass is 16.5. The Bertz CT molecular complexity index is 843. The molecule has 1 atom stereocenters. The molecule has 9 nitrogen and oxygen atoms in total. The summed E-state index contributed by atoms with van der Waals surface area (Å²) in [6.07, 6.45) is 3.99. The second kappa shape index (κ2) is 8.01. The molecule has 27 heavy (non-hydrogen) atoms. The molecular formula is C18H24N6O3. The quantitative estimate of drug-likeness (QED) is 0.800. The van der Waals surface area contributed by atoms with E-state index < -0.39 is 0 Å². The molecule has 0 unspecified atom stereocenters. The monoisotopic (exact) mass is 372 g/mol. The molecule has 0 saturated carbocycles. The van der Waals surface area contributed by atoms with Crippen molar-refractivity contribution in [2.45, 2.75) is 25.9 Å². The highest BCUT2D eigenvalue weighted by Gasteiger charge is 2.17. The van der Waals surface area contributed by atoms with Crippen LogP contribution in [-0.2, 0) is 9.47 Å². The van der Waals surface area contributed by atoms with Crippen molar-refractivity contribution in [3.8, 4) is 11.3 Å². The van der Waals surface area contributed by atoms with Gasteiger partial charge in [0.15, 0.2) is 0 Å². The number of nitrogens with zero attached hydrogens (tertiary/aromatic N) is 4. The molecule has 4 heterocycles. The first-order chi connectivity index (χ1) is 13.2. The molecule has 0 bridgehead atoms. The SMILES string of the molecule is Cc1nc(N2CCOCC2)ncc1-c1cc(=O)[nH]c(NC[C@@H]2CCCO2)n1. The van der Waals surface area contributed by atoms with Crippen molar-refractivity contribution in [2.75, 3.05) is 49.7 Å². The van der Waals surface area contributed by atoms with Gasteiger partial charge < -0.3 is 19.7 Å². The standard InChI is InChI=1S/C18H24N6O3/c1-12-14(11-20-18(21-12)24-4-7-26-8-5-24)15-9-16(25)23-17(22-15)19-10-13-3-2-6-27-13/h9,11,13H,2-8,10H2,1H3,(H2,19,22,23,25)/t13-/m0/s1. The first-order valence-corrected chi connectivity index (χ1v) is 9.32. The summed E-state index contributed by atoms with van der Waals surface area (Å²) < 4.78 is 11.0. The lowest BCUT2D eigenvalue weighted by molar-refractivity contribution is 0.120. The molecule has 2 aliphatic heterocycles. The van der Waals surface area contributed by atoms with E-state index in [4.69, 9.17) is 9.47 Å². The van der Waals surface area contributed by atoms with Crippen molar-refractivity contribution >= 4 is 11.9 Å². The van der Waals surface area contributed by atoms with Gasteiger partial charge in [-0.3, -0.25) is 9.78 Å². The Morgan fingerprint density at radius 1 is 1.30 bits per heavy atom. The van der Waals surface area contributed by atoms with Crippen LogP contribution in [-0.4, -0.2) is 65.5 Å². The van der Waals surface area contributed by atoms with E-state index >= 15 is 0 Å². The van der Waals surface area contributed by atoms with Crippen molar-refractivity contribution in [2.24, 2.45) is 0 Å². The predicted molar refractivity (Wildman–Crippen MR) is 101 cm³/mol. The third kappa shape index (κ3) is 4.25. The summed E-state index contributed by atoms with van der Waals surface area (Å²) >= 11 is 0.